The van der Waals surface area contributed by atoms with E-state index >= 15 is 0 Å². The Hall–Kier alpha value is -5.24. The molecule has 1 N–H and O–H groups in total. The Morgan fingerprint density at radius 3 is 2.23 bits per heavy atom. The van der Waals surface area contributed by atoms with Crippen LogP contribution in [0.1, 0.15) is 66.7 Å². The van der Waals surface area contributed by atoms with Crippen molar-refractivity contribution >= 4 is 33.6 Å². The number of piperidine rings is 3. The number of hydrogen-bond donors (Lipinski definition) is 1. The zero-order valence-corrected chi connectivity index (χ0v) is 33.2. The van der Waals surface area contributed by atoms with E-state index in [1.807, 2.05) is 25.1 Å². The Morgan fingerprint density at radius 2 is 1.47 bits per heavy atom. The molecule has 3 aliphatic heterocycles. The normalized spacial score (nSPS) is 17.8. The first-order valence-corrected chi connectivity index (χ1v) is 20.6. The molecule has 57 heavy (non-hydrogen) atoms. The van der Waals surface area contributed by atoms with Gasteiger partial charge >= 0.3 is 5.69 Å². The predicted molar refractivity (Wildman–Crippen MR) is 223 cm³/mol. The summed E-state index contributed by atoms with van der Waals surface area (Å²) in [6, 6.07) is 25.6. The van der Waals surface area contributed by atoms with E-state index in [1.54, 1.807) is 15.2 Å². The van der Waals surface area contributed by atoms with Gasteiger partial charge in [0, 0.05) is 57.7 Å². The minimum atomic E-state index is -0.289. The van der Waals surface area contributed by atoms with Gasteiger partial charge in [-0.2, -0.15) is 0 Å². The van der Waals surface area contributed by atoms with Crippen LogP contribution in [0.15, 0.2) is 83.7 Å². The molecule has 3 aliphatic rings. The summed E-state index contributed by atoms with van der Waals surface area (Å²) in [6.45, 7) is 6.63. The topological polar surface area (TPSA) is 82.8 Å². The van der Waals surface area contributed by atoms with Crippen molar-refractivity contribution in [2.75, 3.05) is 45.8 Å². The maximum atomic E-state index is 13.5. The van der Waals surface area contributed by atoms with Gasteiger partial charge in [0.05, 0.1) is 17.6 Å². The van der Waals surface area contributed by atoms with Gasteiger partial charge in [0.1, 0.15) is 5.82 Å². The number of likely N-dealkylation sites (tertiary alicyclic amines) is 3. The van der Waals surface area contributed by atoms with Crippen LogP contribution < -0.4 is 11.0 Å². The molecular weight excluding hydrogens is 716 g/mol. The average Bonchev–Trinajstić information content (AvgIpc) is 3.46. The molecule has 4 aromatic carbocycles. The third kappa shape index (κ3) is 8.70. The predicted octanol–water partition coefficient (Wildman–Crippen LogP) is 6.17. The number of halogens is 1. The second-order valence-electron chi connectivity index (χ2n) is 16.3. The molecule has 9 nitrogen and oxygen atoms in total. The Morgan fingerprint density at radius 1 is 0.754 bits per heavy atom. The number of hydrogen-bond acceptors (Lipinski definition) is 5. The second kappa shape index (κ2) is 17.1. The fourth-order valence-electron chi connectivity index (χ4n) is 9.13. The maximum Gasteiger partial charge on any atom is 0.328 e. The lowest BCUT2D eigenvalue weighted by Gasteiger charge is -2.35. The summed E-state index contributed by atoms with van der Waals surface area (Å²) in [5.74, 6) is 7.73. The number of imidazole rings is 1. The van der Waals surface area contributed by atoms with Crippen molar-refractivity contribution < 1.29 is 14.0 Å². The Labute approximate surface area is 334 Å². The van der Waals surface area contributed by atoms with Crippen molar-refractivity contribution in [3.05, 3.63) is 117 Å². The van der Waals surface area contributed by atoms with Crippen LogP contribution >= 0.6 is 0 Å². The first-order valence-electron chi connectivity index (χ1n) is 20.6. The van der Waals surface area contributed by atoms with Crippen LogP contribution in [0.2, 0.25) is 0 Å². The minimum absolute atomic E-state index is 0.00220. The first-order chi connectivity index (χ1) is 27.7. The number of nitrogens with zero attached hydrogens (tertiary/aromatic N) is 5. The lowest BCUT2D eigenvalue weighted by atomic mass is 9.89. The van der Waals surface area contributed by atoms with Crippen LogP contribution in [0.25, 0.3) is 21.8 Å². The summed E-state index contributed by atoms with van der Waals surface area (Å²) in [5.41, 5.74) is 6.28. The molecule has 0 atom stereocenters. The molecular formula is C47H53FN6O3. The van der Waals surface area contributed by atoms with Crippen molar-refractivity contribution in [1.82, 2.24) is 29.2 Å². The first kappa shape index (κ1) is 38.6. The zero-order chi connectivity index (χ0) is 39.5. The molecule has 0 unspecified atom stereocenters. The number of aryl methyl sites for hydroxylation is 2. The van der Waals surface area contributed by atoms with Gasteiger partial charge in [-0.05, 0) is 128 Å². The van der Waals surface area contributed by atoms with E-state index in [1.165, 1.54) is 28.6 Å². The largest absolute Gasteiger partial charge is 0.352 e. The summed E-state index contributed by atoms with van der Waals surface area (Å²) < 4.78 is 16.9. The van der Waals surface area contributed by atoms with Gasteiger partial charge in [-0.3, -0.25) is 28.5 Å². The van der Waals surface area contributed by atoms with E-state index in [2.05, 4.69) is 81.6 Å². The van der Waals surface area contributed by atoms with Gasteiger partial charge in [0.25, 0.3) is 0 Å². The number of carbonyl (C=O) groups is 2. The van der Waals surface area contributed by atoms with Crippen molar-refractivity contribution in [3.8, 4) is 11.8 Å². The van der Waals surface area contributed by atoms with E-state index in [-0.39, 0.29) is 35.2 Å². The number of benzene rings is 4. The Kier molecular flexibility index (Phi) is 11.6. The van der Waals surface area contributed by atoms with E-state index in [9.17, 15) is 18.8 Å². The lowest BCUT2D eigenvalue weighted by molar-refractivity contribution is -0.133. The van der Waals surface area contributed by atoms with E-state index in [0.717, 1.165) is 112 Å². The molecule has 0 aliphatic carbocycles. The number of aromatic nitrogens is 2. The fraction of sp³-hybridized carbons (Fsp3) is 0.426. The average molecular weight is 769 g/mol. The fourth-order valence-corrected chi connectivity index (χ4v) is 9.13. The van der Waals surface area contributed by atoms with Crippen molar-refractivity contribution in [2.24, 2.45) is 25.9 Å². The van der Waals surface area contributed by atoms with Gasteiger partial charge in [-0.1, -0.05) is 60.4 Å². The van der Waals surface area contributed by atoms with E-state index < -0.39 is 0 Å². The number of fused-ring (bicyclic) bond motifs is 2. The molecule has 10 heteroatoms. The number of carbonyl (C=O) groups excluding carboxylic acids is 2. The molecule has 0 bridgehead atoms. The van der Waals surface area contributed by atoms with Gasteiger partial charge in [-0.15, -0.1) is 0 Å². The van der Waals surface area contributed by atoms with Gasteiger partial charge in [0.15, 0.2) is 0 Å². The summed E-state index contributed by atoms with van der Waals surface area (Å²) >= 11 is 0. The SMILES string of the molecule is Cn1c(=O)n(C)c2cc(C3CCN(CC(=O)N4CCC(C#Cc5ccc(CN6CCC(C(=O)NCc7cccc(F)c7)CC6)c6ccccc56)CC4)CC3)ccc21. The van der Waals surface area contributed by atoms with Crippen LogP contribution in [-0.2, 0) is 36.8 Å². The van der Waals surface area contributed by atoms with Crippen LogP contribution in [0.5, 0.6) is 0 Å². The number of rotatable bonds is 8. The Bertz CT molecular complexity index is 2380. The van der Waals surface area contributed by atoms with E-state index in [4.69, 9.17) is 0 Å². The van der Waals surface area contributed by atoms with E-state index in [0.29, 0.717) is 19.0 Å². The summed E-state index contributed by atoms with van der Waals surface area (Å²) in [5, 5.41) is 5.38. The molecule has 0 saturated carbocycles. The van der Waals surface area contributed by atoms with Crippen LogP contribution in [0.3, 0.4) is 0 Å². The van der Waals surface area contributed by atoms with Crippen molar-refractivity contribution in [2.45, 2.75) is 57.5 Å². The summed E-state index contributed by atoms with van der Waals surface area (Å²) in [4.78, 5) is 45.4. The second-order valence-corrected chi connectivity index (χ2v) is 16.3. The van der Waals surface area contributed by atoms with Gasteiger partial charge in [0.2, 0.25) is 11.8 Å². The highest BCUT2D eigenvalue weighted by Gasteiger charge is 2.28. The number of nitrogens with one attached hydrogen (secondary N) is 1. The molecule has 3 fully saturated rings. The Balaban J connectivity index is 0.797. The molecule has 3 saturated heterocycles. The minimum Gasteiger partial charge on any atom is -0.352 e. The van der Waals surface area contributed by atoms with Crippen LogP contribution in [-0.4, -0.2) is 81.5 Å². The lowest BCUT2D eigenvalue weighted by Crippen LogP contribution is -2.45. The maximum absolute atomic E-state index is 13.5. The highest BCUT2D eigenvalue weighted by atomic mass is 19.1. The highest BCUT2D eigenvalue weighted by Crippen LogP contribution is 2.31. The standard InChI is InChI=1S/C47H53FN6O3/c1-50-43-15-14-38(29-44(43)51(2)47(50)57)35-18-22-53(23-19-35)32-45(55)54-26-16-33(17-27-54)10-11-36-12-13-39(42-9-4-3-8-41(36)42)31-52-24-20-37(21-25-52)46(56)49-30-34-6-5-7-40(48)28-34/h3-9,12-15,28-29,33,35,37H,16-27,30-32H2,1-2H3,(H,49,56). The molecule has 0 radical (unpaired) electrons. The number of amides is 2. The molecule has 1 aromatic heterocycles. The molecule has 2 amide bonds. The highest BCUT2D eigenvalue weighted by molar-refractivity contribution is 5.91. The third-order valence-corrected chi connectivity index (χ3v) is 12.7. The molecule has 296 valence electrons. The van der Waals surface area contributed by atoms with Gasteiger partial charge in [-0.25, -0.2) is 9.18 Å². The molecule has 5 aromatic rings. The molecule has 8 rings (SSSR count). The molecule has 0 spiro atoms. The monoisotopic (exact) mass is 768 g/mol. The summed E-state index contributed by atoms with van der Waals surface area (Å²) in [6.07, 6.45) is 5.40. The smallest absolute Gasteiger partial charge is 0.328 e. The van der Waals surface area contributed by atoms with Crippen LogP contribution in [0, 0.1) is 29.5 Å². The zero-order valence-electron chi connectivity index (χ0n) is 33.2. The van der Waals surface area contributed by atoms with Crippen molar-refractivity contribution in [3.63, 3.8) is 0 Å². The third-order valence-electron chi connectivity index (χ3n) is 12.7. The van der Waals surface area contributed by atoms with Gasteiger partial charge < -0.3 is 10.2 Å². The molecule has 4 heterocycles. The summed E-state index contributed by atoms with van der Waals surface area (Å²) in [7, 11) is 3.65. The quantitative estimate of drug-likeness (QED) is 0.191. The van der Waals surface area contributed by atoms with Crippen molar-refractivity contribution in [1.29, 1.82) is 0 Å². The van der Waals surface area contributed by atoms with Crippen LogP contribution in [0.4, 0.5) is 4.39 Å².